The Kier molecular flexibility index (Phi) is 4.82. The summed E-state index contributed by atoms with van der Waals surface area (Å²) in [5.74, 6) is 0.767. The van der Waals surface area contributed by atoms with Crippen molar-refractivity contribution in [2.45, 2.75) is 19.3 Å². The van der Waals surface area contributed by atoms with Crippen molar-refractivity contribution in [2.24, 2.45) is 0 Å². The number of benzene rings is 1. The highest BCUT2D eigenvalue weighted by Crippen LogP contribution is 2.32. The molecule has 0 spiro atoms. The molecule has 1 rings (SSSR count). The van der Waals surface area contributed by atoms with Crippen LogP contribution in [0.2, 0.25) is 0 Å². The topological polar surface area (TPSA) is 44.8 Å². The van der Waals surface area contributed by atoms with E-state index in [1.807, 2.05) is 19.1 Å². The van der Waals surface area contributed by atoms with E-state index in [0.29, 0.717) is 17.9 Å². The third-order valence-electron chi connectivity index (χ3n) is 2.70. The van der Waals surface area contributed by atoms with Crippen LogP contribution in [0.1, 0.15) is 24.8 Å². The van der Waals surface area contributed by atoms with Gasteiger partial charge < -0.3 is 14.2 Å². The molecule has 4 heteroatoms. The molecule has 0 fully saturated rings. The van der Waals surface area contributed by atoms with Gasteiger partial charge in [0.15, 0.2) is 11.5 Å². The number of rotatable bonds is 5. The molecule has 0 aliphatic rings. The largest absolute Gasteiger partial charge is 0.493 e. The Morgan fingerprint density at radius 1 is 1.18 bits per heavy atom. The first-order chi connectivity index (χ1) is 8.17. The zero-order valence-electron chi connectivity index (χ0n) is 10.6. The van der Waals surface area contributed by atoms with Crippen LogP contribution in [0.5, 0.6) is 11.5 Å². The Bertz CT molecular complexity index is 387. The summed E-state index contributed by atoms with van der Waals surface area (Å²) >= 11 is 0. The molecular weight excluding hydrogens is 220 g/mol. The van der Waals surface area contributed by atoms with E-state index in [0.717, 1.165) is 5.56 Å². The maximum atomic E-state index is 11.6. The maximum Gasteiger partial charge on any atom is 0.313 e. The highest BCUT2D eigenvalue weighted by Gasteiger charge is 2.20. The molecular formula is C13H18O4. The van der Waals surface area contributed by atoms with Crippen molar-refractivity contribution in [3.05, 3.63) is 23.8 Å². The van der Waals surface area contributed by atoms with Gasteiger partial charge in [-0.25, -0.2) is 0 Å². The number of methoxy groups -OCH3 is 3. The summed E-state index contributed by atoms with van der Waals surface area (Å²) in [6.07, 6.45) is 0.683. The second-order valence-corrected chi connectivity index (χ2v) is 3.60. The van der Waals surface area contributed by atoms with E-state index in [4.69, 9.17) is 14.2 Å². The van der Waals surface area contributed by atoms with Crippen molar-refractivity contribution >= 4 is 5.97 Å². The second-order valence-electron chi connectivity index (χ2n) is 3.60. The van der Waals surface area contributed by atoms with Gasteiger partial charge in [0.2, 0.25) is 0 Å². The highest BCUT2D eigenvalue weighted by atomic mass is 16.5. The average molecular weight is 238 g/mol. The van der Waals surface area contributed by atoms with E-state index in [9.17, 15) is 4.79 Å². The summed E-state index contributed by atoms with van der Waals surface area (Å²) in [7, 11) is 4.54. The van der Waals surface area contributed by atoms with Crippen LogP contribution in [0, 0.1) is 0 Å². The Morgan fingerprint density at radius 3 is 2.29 bits per heavy atom. The van der Waals surface area contributed by atoms with Crippen LogP contribution in [-0.4, -0.2) is 27.3 Å². The number of hydrogen-bond donors (Lipinski definition) is 0. The van der Waals surface area contributed by atoms with Gasteiger partial charge in [0.05, 0.1) is 27.2 Å². The van der Waals surface area contributed by atoms with E-state index in [1.165, 1.54) is 7.11 Å². The van der Waals surface area contributed by atoms with E-state index >= 15 is 0 Å². The van der Waals surface area contributed by atoms with Gasteiger partial charge in [-0.2, -0.15) is 0 Å². The summed E-state index contributed by atoms with van der Waals surface area (Å²) in [4.78, 5) is 11.6. The molecule has 0 N–H and O–H groups in total. The second kappa shape index (κ2) is 6.13. The van der Waals surface area contributed by atoms with Gasteiger partial charge in [-0.1, -0.05) is 13.0 Å². The number of ether oxygens (including phenoxy) is 3. The fraction of sp³-hybridized carbons (Fsp3) is 0.462. The molecule has 0 saturated heterocycles. The molecule has 1 aromatic carbocycles. The third kappa shape index (κ3) is 2.90. The number of hydrogen-bond acceptors (Lipinski definition) is 4. The Balaban J connectivity index is 3.09. The number of carbonyl (C=O) groups is 1. The first kappa shape index (κ1) is 13.4. The molecule has 0 radical (unpaired) electrons. The molecule has 4 nitrogen and oxygen atoms in total. The summed E-state index contributed by atoms with van der Waals surface area (Å²) in [5.41, 5.74) is 0.872. The molecule has 1 atom stereocenters. The maximum absolute atomic E-state index is 11.6. The van der Waals surface area contributed by atoms with Crippen molar-refractivity contribution in [1.29, 1.82) is 0 Å². The van der Waals surface area contributed by atoms with Gasteiger partial charge in [-0.05, 0) is 24.1 Å². The lowest BCUT2D eigenvalue weighted by molar-refractivity contribution is -0.142. The molecule has 0 amide bonds. The number of esters is 1. The molecule has 0 aromatic heterocycles. The summed E-state index contributed by atoms with van der Waals surface area (Å²) in [6, 6.07) is 5.45. The lowest BCUT2D eigenvalue weighted by atomic mass is 9.96. The van der Waals surface area contributed by atoms with Crippen molar-refractivity contribution in [3.8, 4) is 11.5 Å². The van der Waals surface area contributed by atoms with Crippen LogP contribution in [0.3, 0.4) is 0 Å². The quantitative estimate of drug-likeness (QED) is 0.739. The zero-order valence-corrected chi connectivity index (χ0v) is 10.6. The molecule has 17 heavy (non-hydrogen) atoms. The van der Waals surface area contributed by atoms with Crippen molar-refractivity contribution in [3.63, 3.8) is 0 Å². The van der Waals surface area contributed by atoms with Gasteiger partial charge in [0.1, 0.15) is 0 Å². The predicted octanol–water partition coefficient (Wildman–Crippen LogP) is 2.37. The summed E-state index contributed by atoms with van der Waals surface area (Å²) in [6.45, 7) is 1.94. The molecule has 0 aliphatic heterocycles. The van der Waals surface area contributed by atoms with Crippen molar-refractivity contribution in [2.75, 3.05) is 21.3 Å². The van der Waals surface area contributed by atoms with Crippen LogP contribution in [0.25, 0.3) is 0 Å². The van der Waals surface area contributed by atoms with E-state index < -0.39 is 0 Å². The van der Waals surface area contributed by atoms with Crippen LogP contribution in [-0.2, 0) is 9.53 Å². The van der Waals surface area contributed by atoms with Crippen LogP contribution in [0.4, 0.5) is 0 Å². The molecule has 0 aliphatic carbocycles. The first-order valence-electron chi connectivity index (χ1n) is 5.47. The van der Waals surface area contributed by atoms with E-state index in [1.54, 1.807) is 20.3 Å². The summed E-state index contributed by atoms with van der Waals surface area (Å²) < 4.78 is 15.1. The Hall–Kier alpha value is -1.71. The molecule has 94 valence electrons. The fourth-order valence-corrected chi connectivity index (χ4v) is 1.75. The summed E-state index contributed by atoms with van der Waals surface area (Å²) in [5, 5.41) is 0. The van der Waals surface area contributed by atoms with Gasteiger partial charge in [0.25, 0.3) is 0 Å². The molecule has 0 heterocycles. The zero-order chi connectivity index (χ0) is 12.8. The van der Waals surface area contributed by atoms with E-state index in [-0.39, 0.29) is 11.9 Å². The van der Waals surface area contributed by atoms with Crippen LogP contribution < -0.4 is 9.47 Å². The Labute approximate surface area is 101 Å². The van der Waals surface area contributed by atoms with Crippen LogP contribution in [0.15, 0.2) is 18.2 Å². The molecule has 0 unspecified atom stereocenters. The minimum absolute atomic E-state index is 0.236. The van der Waals surface area contributed by atoms with Gasteiger partial charge in [0, 0.05) is 0 Å². The smallest absolute Gasteiger partial charge is 0.313 e. The van der Waals surface area contributed by atoms with Crippen LogP contribution >= 0.6 is 0 Å². The number of carbonyl (C=O) groups excluding carboxylic acids is 1. The minimum atomic E-state index is -0.264. The van der Waals surface area contributed by atoms with Crippen molar-refractivity contribution in [1.82, 2.24) is 0 Å². The van der Waals surface area contributed by atoms with Gasteiger partial charge in [-0.3, -0.25) is 4.79 Å². The third-order valence-corrected chi connectivity index (χ3v) is 2.70. The first-order valence-corrected chi connectivity index (χ1v) is 5.47. The Morgan fingerprint density at radius 2 is 1.82 bits per heavy atom. The van der Waals surface area contributed by atoms with Crippen molar-refractivity contribution < 1.29 is 19.0 Å². The highest BCUT2D eigenvalue weighted by molar-refractivity contribution is 5.78. The van der Waals surface area contributed by atoms with E-state index in [2.05, 4.69) is 0 Å². The SMILES string of the molecule is CC[C@H](C(=O)OC)c1ccc(OC)c(OC)c1. The van der Waals surface area contributed by atoms with Gasteiger partial charge >= 0.3 is 5.97 Å². The van der Waals surface area contributed by atoms with Gasteiger partial charge in [-0.15, -0.1) is 0 Å². The predicted molar refractivity (Wildman–Crippen MR) is 64.6 cm³/mol. The lowest BCUT2D eigenvalue weighted by Gasteiger charge is -2.15. The molecule has 0 saturated carbocycles. The minimum Gasteiger partial charge on any atom is -0.493 e. The average Bonchev–Trinajstić information content (AvgIpc) is 2.38. The lowest BCUT2D eigenvalue weighted by Crippen LogP contribution is -2.13. The monoisotopic (exact) mass is 238 g/mol. The normalized spacial score (nSPS) is 11.8. The molecule has 0 bridgehead atoms. The fourth-order valence-electron chi connectivity index (χ4n) is 1.75. The molecule has 1 aromatic rings. The standard InChI is InChI=1S/C13H18O4/c1-5-10(13(14)17-4)9-6-7-11(15-2)12(8-9)16-3/h6-8,10H,5H2,1-4H3/t10-/m0/s1.